The number of anilines is 1. The van der Waals surface area contributed by atoms with Gasteiger partial charge in [0, 0.05) is 6.42 Å². The van der Waals surface area contributed by atoms with Gasteiger partial charge in [0.2, 0.25) is 5.95 Å². The number of aryl methyl sites for hydroxylation is 1. The minimum absolute atomic E-state index is 0.261. The van der Waals surface area contributed by atoms with E-state index < -0.39 is 0 Å². The van der Waals surface area contributed by atoms with Crippen LogP contribution in [0.3, 0.4) is 0 Å². The van der Waals surface area contributed by atoms with Crippen LogP contribution in [0.2, 0.25) is 0 Å². The number of nitrogen functional groups attached to an aromatic ring is 2. The molecule has 0 bridgehead atoms. The minimum Gasteiger partial charge on any atom is -0.366 e. The third kappa shape index (κ3) is 3.09. The molecule has 0 spiro atoms. The summed E-state index contributed by atoms with van der Waals surface area (Å²) in [6, 6.07) is 0. The van der Waals surface area contributed by atoms with Crippen molar-refractivity contribution in [3.8, 4) is 0 Å². The number of hydrogen-bond donors (Lipinski definition) is 3. The highest BCUT2D eigenvalue weighted by atomic mass is 15.4. The lowest BCUT2D eigenvalue weighted by Gasteiger charge is -2.12. The molecular formula is C9H20N6. The van der Waals surface area contributed by atoms with Crippen molar-refractivity contribution in [2.24, 2.45) is 11.7 Å². The second kappa shape index (κ2) is 5.55. The van der Waals surface area contributed by atoms with Gasteiger partial charge in [-0.05, 0) is 25.3 Å². The van der Waals surface area contributed by atoms with Crippen LogP contribution in [0.5, 0.6) is 0 Å². The van der Waals surface area contributed by atoms with Gasteiger partial charge in [-0.2, -0.15) is 0 Å². The van der Waals surface area contributed by atoms with Crippen LogP contribution < -0.4 is 17.3 Å². The molecule has 0 radical (unpaired) electrons. The first-order chi connectivity index (χ1) is 7.19. The summed E-state index contributed by atoms with van der Waals surface area (Å²) in [6.07, 6.45) is 4.01. The van der Waals surface area contributed by atoms with E-state index in [4.69, 9.17) is 17.3 Å². The van der Waals surface area contributed by atoms with Gasteiger partial charge in [-0.1, -0.05) is 13.3 Å². The van der Waals surface area contributed by atoms with Crippen molar-refractivity contribution in [3.05, 3.63) is 5.82 Å². The second-order valence-corrected chi connectivity index (χ2v) is 3.73. The van der Waals surface area contributed by atoms with E-state index in [1.165, 1.54) is 4.68 Å². The first-order valence-corrected chi connectivity index (χ1v) is 5.33. The molecule has 15 heavy (non-hydrogen) atoms. The van der Waals surface area contributed by atoms with Crippen molar-refractivity contribution < 1.29 is 0 Å². The summed E-state index contributed by atoms with van der Waals surface area (Å²) in [7, 11) is 0. The Bertz CT molecular complexity index is 295. The quantitative estimate of drug-likeness (QED) is 0.570. The summed E-state index contributed by atoms with van der Waals surface area (Å²) in [6.45, 7) is 2.90. The van der Waals surface area contributed by atoms with Crippen LogP contribution in [0, 0.1) is 5.92 Å². The Kier molecular flexibility index (Phi) is 4.36. The first kappa shape index (κ1) is 11.8. The molecule has 0 fully saturated rings. The lowest BCUT2D eigenvalue weighted by molar-refractivity contribution is 0.437. The molecule has 6 nitrogen and oxygen atoms in total. The van der Waals surface area contributed by atoms with Crippen molar-refractivity contribution in [2.45, 2.75) is 32.6 Å². The molecule has 1 unspecified atom stereocenters. The van der Waals surface area contributed by atoms with Gasteiger partial charge in [-0.25, -0.2) is 4.68 Å². The molecule has 0 aliphatic carbocycles. The Morgan fingerprint density at radius 3 is 2.53 bits per heavy atom. The molecule has 0 aliphatic heterocycles. The molecule has 0 aliphatic rings. The zero-order valence-electron chi connectivity index (χ0n) is 9.19. The van der Waals surface area contributed by atoms with Crippen LogP contribution >= 0.6 is 0 Å². The van der Waals surface area contributed by atoms with Gasteiger partial charge in [0.05, 0.1) is 0 Å². The number of rotatable bonds is 6. The van der Waals surface area contributed by atoms with Gasteiger partial charge in [0.1, 0.15) is 0 Å². The summed E-state index contributed by atoms with van der Waals surface area (Å²) in [5.74, 6) is 7.28. The maximum absolute atomic E-state index is 5.65. The van der Waals surface area contributed by atoms with Gasteiger partial charge < -0.3 is 17.3 Å². The van der Waals surface area contributed by atoms with E-state index in [-0.39, 0.29) is 5.95 Å². The zero-order chi connectivity index (χ0) is 11.3. The van der Waals surface area contributed by atoms with Crippen LogP contribution in [0.15, 0.2) is 0 Å². The highest BCUT2D eigenvalue weighted by Gasteiger charge is 2.10. The molecule has 6 heteroatoms. The maximum Gasteiger partial charge on any atom is 0.240 e. The average molecular weight is 212 g/mol. The predicted octanol–water partition coefficient (Wildman–Crippen LogP) is -0.118. The number of aromatic nitrogens is 3. The van der Waals surface area contributed by atoms with E-state index in [1.54, 1.807) is 0 Å². The largest absolute Gasteiger partial charge is 0.366 e. The molecule has 0 aromatic carbocycles. The van der Waals surface area contributed by atoms with E-state index in [2.05, 4.69) is 17.1 Å². The minimum atomic E-state index is 0.261. The summed E-state index contributed by atoms with van der Waals surface area (Å²) in [4.78, 5) is 0. The van der Waals surface area contributed by atoms with E-state index in [9.17, 15) is 0 Å². The fourth-order valence-corrected chi connectivity index (χ4v) is 1.63. The van der Waals surface area contributed by atoms with Crippen molar-refractivity contribution in [1.29, 1.82) is 0 Å². The van der Waals surface area contributed by atoms with Crippen LogP contribution in [0.4, 0.5) is 5.95 Å². The lowest BCUT2D eigenvalue weighted by Crippen LogP contribution is -2.17. The van der Waals surface area contributed by atoms with Crippen molar-refractivity contribution >= 4 is 5.95 Å². The molecule has 6 N–H and O–H groups in total. The summed E-state index contributed by atoms with van der Waals surface area (Å²) < 4.78 is 1.34. The number of nitrogens with zero attached hydrogens (tertiary/aromatic N) is 3. The maximum atomic E-state index is 5.65. The van der Waals surface area contributed by atoms with Crippen molar-refractivity contribution in [2.75, 3.05) is 18.1 Å². The molecule has 86 valence electrons. The third-order valence-corrected chi connectivity index (χ3v) is 2.72. The molecule has 1 atom stereocenters. The Morgan fingerprint density at radius 1 is 1.33 bits per heavy atom. The molecule has 1 aromatic heterocycles. The SMILES string of the molecule is CCC(CCN)CCc1nnc(N)n1N. The van der Waals surface area contributed by atoms with Crippen LogP contribution in [-0.2, 0) is 6.42 Å². The fraction of sp³-hybridized carbons (Fsp3) is 0.778. The normalized spacial score (nSPS) is 12.9. The smallest absolute Gasteiger partial charge is 0.240 e. The van der Waals surface area contributed by atoms with E-state index >= 15 is 0 Å². The second-order valence-electron chi connectivity index (χ2n) is 3.73. The molecule has 1 rings (SSSR count). The van der Waals surface area contributed by atoms with Gasteiger partial charge in [0.15, 0.2) is 5.82 Å². The molecule has 1 aromatic rings. The summed E-state index contributed by atoms with van der Waals surface area (Å²) in [5.41, 5.74) is 11.0. The fourth-order valence-electron chi connectivity index (χ4n) is 1.63. The third-order valence-electron chi connectivity index (χ3n) is 2.72. The molecule has 0 saturated carbocycles. The Labute approximate surface area is 89.8 Å². The van der Waals surface area contributed by atoms with Gasteiger partial charge in [0.25, 0.3) is 0 Å². The topological polar surface area (TPSA) is 109 Å². The number of hydrogen-bond acceptors (Lipinski definition) is 5. The highest BCUT2D eigenvalue weighted by Crippen LogP contribution is 2.15. The Balaban J connectivity index is 2.45. The Hall–Kier alpha value is -1.30. The molecule has 1 heterocycles. The van der Waals surface area contributed by atoms with Crippen molar-refractivity contribution in [3.63, 3.8) is 0 Å². The lowest BCUT2D eigenvalue weighted by atomic mass is 9.96. The van der Waals surface area contributed by atoms with E-state index in [0.29, 0.717) is 5.92 Å². The van der Waals surface area contributed by atoms with Gasteiger partial charge in [-0.15, -0.1) is 10.2 Å². The number of nitrogens with two attached hydrogens (primary N) is 3. The molecule has 0 amide bonds. The van der Waals surface area contributed by atoms with Crippen molar-refractivity contribution in [1.82, 2.24) is 14.9 Å². The molecule has 0 saturated heterocycles. The predicted molar refractivity (Wildman–Crippen MR) is 60.4 cm³/mol. The van der Waals surface area contributed by atoms with Crippen LogP contribution in [0.25, 0.3) is 0 Å². The first-order valence-electron chi connectivity index (χ1n) is 5.33. The van der Waals surface area contributed by atoms with E-state index in [0.717, 1.165) is 38.1 Å². The summed E-state index contributed by atoms with van der Waals surface area (Å²) in [5, 5.41) is 7.62. The van der Waals surface area contributed by atoms with Crippen LogP contribution in [-0.4, -0.2) is 21.4 Å². The zero-order valence-corrected chi connectivity index (χ0v) is 9.19. The molecular weight excluding hydrogens is 192 g/mol. The van der Waals surface area contributed by atoms with Gasteiger partial charge in [-0.3, -0.25) is 0 Å². The summed E-state index contributed by atoms with van der Waals surface area (Å²) >= 11 is 0. The standard InChI is InChI=1S/C9H20N6/c1-2-7(5-6-10)3-4-8-13-14-9(11)15(8)12/h7H,2-6,10,12H2,1H3,(H2,11,14). The average Bonchev–Trinajstić information content (AvgIpc) is 2.55. The monoisotopic (exact) mass is 212 g/mol. The Morgan fingerprint density at radius 2 is 2.07 bits per heavy atom. The highest BCUT2D eigenvalue weighted by molar-refractivity contribution is 5.17. The van der Waals surface area contributed by atoms with E-state index in [1.807, 2.05) is 0 Å². The van der Waals surface area contributed by atoms with Gasteiger partial charge >= 0.3 is 0 Å². The van der Waals surface area contributed by atoms with Crippen LogP contribution in [0.1, 0.15) is 32.0 Å².